The van der Waals surface area contributed by atoms with Crippen LogP contribution in [0.2, 0.25) is 0 Å². The van der Waals surface area contributed by atoms with Crippen molar-refractivity contribution in [3.8, 4) is 11.5 Å². The number of aliphatic hydroxyl groups is 3. The summed E-state index contributed by atoms with van der Waals surface area (Å²) in [6.07, 6.45) is 0.961. The van der Waals surface area contributed by atoms with Crippen molar-refractivity contribution in [2.24, 2.45) is 23.2 Å². The van der Waals surface area contributed by atoms with E-state index in [4.69, 9.17) is 9.47 Å². The first-order valence-electron chi connectivity index (χ1n) is 16.7. The largest absolute Gasteiger partial charge is 0.493 e. The lowest BCUT2D eigenvalue weighted by atomic mass is 9.49. The van der Waals surface area contributed by atoms with E-state index in [-0.39, 0.29) is 42.9 Å². The molecule has 0 spiro atoms. The van der Waals surface area contributed by atoms with Crippen molar-refractivity contribution in [2.75, 3.05) is 26.8 Å². The number of methoxy groups -OCH3 is 1. The second kappa shape index (κ2) is 12.4. The Morgan fingerprint density at radius 3 is 2.25 bits per heavy atom. The Labute approximate surface area is 276 Å². The van der Waals surface area contributed by atoms with Gasteiger partial charge in [0.2, 0.25) is 5.91 Å². The second-order valence-corrected chi connectivity index (χ2v) is 14.4. The molecule has 5 aliphatic carbocycles. The number of hydrogen-bond acceptors (Lipinski definition) is 7. The Morgan fingerprint density at radius 2 is 1.69 bits per heavy atom. The summed E-state index contributed by atoms with van der Waals surface area (Å²) < 4.78 is 52.2. The van der Waals surface area contributed by atoms with Crippen molar-refractivity contribution < 1.29 is 47.6 Å². The molecule has 4 saturated carbocycles. The van der Waals surface area contributed by atoms with E-state index in [0.29, 0.717) is 40.4 Å². The molecule has 0 radical (unpaired) electrons. The summed E-state index contributed by atoms with van der Waals surface area (Å²) in [5, 5.41) is 34.3. The quantitative estimate of drug-likeness (QED) is 0.315. The van der Waals surface area contributed by atoms with Gasteiger partial charge >= 0.3 is 6.18 Å². The van der Waals surface area contributed by atoms with E-state index in [0.717, 1.165) is 43.5 Å². The van der Waals surface area contributed by atoms with Crippen molar-refractivity contribution in [1.29, 1.82) is 0 Å². The highest BCUT2D eigenvalue weighted by molar-refractivity contribution is 5.97. The van der Waals surface area contributed by atoms with Gasteiger partial charge in [-0.1, -0.05) is 0 Å². The maximum Gasteiger partial charge on any atom is 0.416 e. The summed E-state index contributed by atoms with van der Waals surface area (Å²) in [5.74, 6) is 0.445. The minimum absolute atomic E-state index is 0.0318. The molecule has 0 aromatic heterocycles. The van der Waals surface area contributed by atoms with Gasteiger partial charge in [-0.05, 0) is 110 Å². The molecule has 4 N–H and O–H groups in total. The van der Waals surface area contributed by atoms with Crippen molar-refractivity contribution in [2.45, 2.75) is 75.5 Å². The van der Waals surface area contributed by atoms with Crippen LogP contribution in [-0.2, 0) is 17.6 Å². The Bertz CT molecular complexity index is 1570. The fourth-order valence-corrected chi connectivity index (χ4v) is 9.74. The number of amides is 2. The van der Waals surface area contributed by atoms with E-state index in [2.05, 4.69) is 5.32 Å². The zero-order valence-corrected chi connectivity index (χ0v) is 26.7. The zero-order chi connectivity index (χ0) is 34.0. The molecule has 2 aromatic carbocycles. The van der Waals surface area contributed by atoms with Crippen molar-refractivity contribution >= 4 is 11.8 Å². The van der Waals surface area contributed by atoms with Gasteiger partial charge in [0.25, 0.3) is 5.91 Å². The molecule has 2 amide bonds. The van der Waals surface area contributed by atoms with Gasteiger partial charge in [0.05, 0.1) is 37.8 Å². The number of carbonyl (C=O) groups is 2. The number of nitrogens with zero attached hydrogens (tertiary/aromatic N) is 1. The van der Waals surface area contributed by atoms with E-state index >= 15 is 0 Å². The standard InChI is InChI=1S/C36H41F3N2O7/c1-47-28-12-22(17-43)11-25-29-26(33(45)40-6-7-42)13-27(30(44)32(29)48-31(25)28)41(34(46)23-2-4-24(5-3-23)36(37,38)39)18-35-14-19-8-20(15-35)10-21(9-19)16-35/h2-5,11-13,19-21,27,29-30,32,42-44H,6-10,14-18H2,1H3,(H,40,45)/t19?,20?,21?,27-,29+,30+,32+,35?/m1/s1. The monoisotopic (exact) mass is 670 g/mol. The van der Waals surface area contributed by atoms with Gasteiger partial charge in [-0.2, -0.15) is 13.2 Å². The average molecular weight is 671 g/mol. The Kier molecular flexibility index (Phi) is 8.48. The lowest BCUT2D eigenvalue weighted by Crippen LogP contribution is -2.59. The molecule has 1 heterocycles. The van der Waals surface area contributed by atoms with Crippen LogP contribution in [-0.4, -0.2) is 77.1 Å². The first-order valence-corrected chi connectivity index (χ1v) is 16.7. The summed E-state index contributed by atoms with van der Waals surface area (Å²) in [6.45, 7) is -0.361. The number of nitrogens with one attached hydrogen (secondary N) is 1. The highest BCUT2D eigenvalue weighted by Crippen LogP contribution is 2.61. The Morgan fingerprint density at radius 1 is 1.04 bits per heavy atom. The minimum atomic E-state index is -4.57. The van der Waals surface area contributed by atoms with Gasteiger partial charge in [-0.3, -0.25) is 9.59 Å². The normalized spacial score (nSPS) is 31.4. The summed E-state index contributed by atoms with van der Waals surface area (Å²) in [4.78, 5) is 29.8. The molecule has 4 atom stereocenters. The van der Waals surface area contributed by atoms with E-state index in [1.807, 2.05) is 0 Å². The number of carbonyl (C=O) groups excluding carboxylic acids is 2. The molecule has 0 unspecified atom stereocenters. The van der Waals surface area contributed by atoms with Gasteiger partial charge in [-0.25, -0.2) is 0 Å². The summed E-state index contributed by atoms with van der Waals surface area (Å²) in [7, 11) is 1.45. The fraction of sp³-hybridized carbons (Fsp3) is 0.556. The van der Waals surface area contributed by atoms with E-state index < -0.39 is 47.7 Å². The van der Waals surface area contributed by atoms with Crippen LogP contribution >= 0.6 is 0 Å². The molecule has 8 rings (SSSR count). The van der Waals surface area contributed by atoms with Crippen LogP contribution in [0.4, 0.5) is 13.2 Å². The highest BCUT2D eigenvalue weighted by Gasteiger charge is 2.55. The van der Waals surface area contributed by atoms with Crippen LogP contribution in [0.15, 0.2) is 48.0 Å². The van der Waals surface area contributed by atoms with Gasteiger partial charge < -0.3 is 35.0 Å². The summed E-state index contributed by atoms with van der Waals surface area (Å²) in [5.41, 5.74) is 0.236. The minimum Gasteiger partial charge on any atom is -0.493 e. The molecule has 9 nitrogen and oxygen atoms in total. The summed E-state index contributed by atoms with van der Waals surface area (Å²) >= 11 is 0. The topological polar surface area (TPSA) is 129 Å². The number of halogens is 3. The molecule has 4 bridgehead atoms. The molecule has 2 aromatic rings. The third kappa shape index (κ3) is 5.75. The molecule has 48 heavy (non-hydrogen) atoms. The van der Waals surface area contributed by atoms with E-state index in [1.54, 1.807) is 23.1 Å². The van der Waals surface area contributed by atoms with Crippen LogP contribution in [0.3, 0.4) is 0 Å². The van der Waals surface area contributed by atoms with Crippen molar-refractivity contribution in [1.82, 2.24) is 10.2 Å². The van der Waals surface area contributed by atoms with Crippen LogP contribution in [0.5, 0.6) is 11.5 Å². The van der Waals surface area contributed by atoms with E-state index in [1.165, 1.54) is 26.4 Å². The number of hydrogen-bond donors (Lipinski definition) is 4. The zero-order valence-electron chi connectivity index (χ0n) is 26.7. The van der Waals surface area contributed by atoms with Crippen LogP contribution in [0.1, 0.15) is 71.5 Å². The van der Waals surface area contributed by atoms with Crippen molar-refractivity contribution in [3.63, 3.8) is 0 Å². The number of fused-ring (bicyclic) bond motifs is 3. The van der Waals surface area contributed by atoms with Crippen LogP contribution < -0.4 is 14.8 Å². The van der Waals surface area contributed by atoms with Crippen LogP contribution in [0.25, 0.3) is 0 Å². The molecule has 1 aliphatic heterocycles. The number of ether oxygens (including phenoxy) is 2. The Balaban J connectivity index is 1.32. The number of aliphatic hydroxyl groups excluding tert-OH is 3. The molecular formula is C36H41F3N2O7. The SMILES string of the molecule is COc1cc(CO)cc2c1O[C@@H]1[C@@H](O)[C@H](N(CC34CC5CC(CC(C5)C3)C4)C(=O)c3ccc(C(F)(F)F)cc3)C=C(C(=O)NCCO)[C@H]21. The Hall–Kier alpha value is -3.61. The molecule has 0 saturated heterocycles. The fourth-order valence-electron chi connectivity index (χ4n) is 9.74. The molecular weight excluding hydrogens is 629 g/mol. The molecule has 258 valence electrons. The van der Waals surface area contributed by atoms with E-state index in [9.17, 15) is 38.1 Å². The van der Waals surface area contributed by atoms with Gasteiger partial charge in [0, 0.05) is 29.8 Å². The van der Waals surface area contributed by atoms with Gasteiger partial charge in [-0.15, -0.1) is 0 Å². The smallest absolute Gasteiger partial charge is 0.416 e. The third-order valence-electron chi connectivity index (χ3n) is 11.2. The second-order valence-electron chi connectivity index (χ2n) is 14.4. The first kappa shape index (κ1) is 32.9. The van der Waals surface area contributed by atoms with Gasteiger partial charge in [0.1, 0.15) is 12.2 Å². The predicted molar refractivity (Wildman–Crippen MR) is 167 cm³/mol. The molecule has 6 aliphatic rings. The van der Waals surface area contributed by atoms with Gasteiger partial charge in [0.15, 0.2) is 11.5 Å². The molecule has 12 heteroatoms. The third-order valence-corrected chi connectivity index (χ3v) is 11.2. The number of rotatable bonds is 9. The molecule has 4 fully saturated rings. The number of benzene rings is 2. The highest BCUT2D eigenvalue weighted by atomic mass is 19.4. The lowest BCUT2D eigenvalue weighted by Gasteiger charge is -2.58. The maximum atomic E-state index is 14.5. The van der Waals surface area contributed by atoms with Crippen LogP contribution in [0, 0.1) is 23.2 Å². The summed E-state index contributed by atoms with van der Waals surface area (Å²) in [6, 6.07) is 6.35. The average Bonchev–Trinajstić information content (AvgIpc) is 3.45. The lowest BCUT2D eigenvalue weighted by molar-refractivity contribution is -0.137. The maximum absolute atomic E-state index is 14.5. The first-order chi connectivity index (χ1) is 22.9. The predicted octanol–water partition coefficient (Wildman–Crippen LogP) is 4.19. The number of alkyl halides is 3. The van der Waals surface area contributed by atoms with Crippen molar-refractivity contribution in [3.05, 3.63) is 70.3 Å².